The first-order valence-electron chi connectivity index (χ1n) is 7.04. The van der Waals surface area contributed by atoms with Crippen molar-refractivity contribution in [1.29, 1.82) is 0 Å². The van der Waals surface area contributed by atoms with Crippen LogP contribution in [0, 0.1) is 10.1 Å². The molecule has 0 aromatic heterocycles. The number of carbonyl (C=O) groups is 2. The van der Waals surface area contributed by atoms with E-state index in [0.29, 0.717) is 11.4 Å². The molecule has 122 valence electrons. The summed E-state index contributed by atoms with van der Waals surface area (Å²) in [5.41, 5.74) is 1.07. The van der Waals surface area contributed by atoms with E-state index >= 15 is 0 Å². The second-order valence-corrected chi connectivity index (χ2v) is 5.10. The van der Waals surface area contributed by atoms with Gasteiger partial charge in [-0.1, -0.05) is 12.1 Å². The van der Waals surface area contributed by atoms with Crippen molar-refractivity contribution in [3.63, 3.8) is 0 Å². The molecule has 2 aromatic rings. The number of fused-ring (bicyclic) bond motifs is 1. The van der Waals surface area contributed by atoms with Crippen molar-refractivity contribution in [1.82, 2.24) is 0 Å². The van der Waals surface area contributed by atoms with E-state index in [1.54, 1.807) is 24.3 Å². The third kappa shape index (κ3) is 2.65. The van der Waals surface area contributed by atoms with Crippen molar-refractivity contribution in [3.8, 4) is 5.75 Å². The molecule has 1 N–H and O–H groups in total. The number of benzene rings is 2. The van der Waals surface area contributed by atoms with Gasteiger partial charge in [0.25, 0.3) is 5.91 Å². The van der Waals surface area contributed by atoms with E-state index < -0.39 is 10.8 Å². The molecule has 3 rings (SSSR count). The third-order valence-electron chi connectivity index (χ3n) is 3.64. The molecule has 24 heavy (non-hydrogen) atoms. The van der Waals surface area contributed by atoms with Crippen molar-refractivity contribution in [2.75, 3.05) is 23.9 Å². The molecular weight excluding hydrogens is 314 g/mol. The number of nitro groups is 1. The van der Waals surface area contributed by atoms with Crippen LogP contribution in [-0.2, 0) is 4.79 Å². The average Bonchev–Trinajstić information content (AvgIpc) is 2.59. The zero-order valence-electron chi connectivity index (χ0n) is 12.7. The number of anilines is 2. The van der Waals surface area contributed by atoms with Crippen molar-refractivity contribution in [3.05, 3.63) is 58.1 Å². The molecule has 1 aliphatic heterocycles. The summed E-state index contributed by atoms with van der Waals surface area (Å²) in [6.45, 7) is -0.130. The molecule has 0 saturated carbocycles. The van der Waals surface area contributed by atoms with Gasteiger partial charge in [0, 0.05) is 17.7 Å². The lowest BCUT2D eigenvalue weighted by atomic mass is 10.1. The summed E-state index contributed by atoms with van der Waals surface area (Å²) >= 11 is 0. The minimum Gasteiger partial charge on any atom is -0.490 e. The highest BCUT2D eigenvalue weighted by molar-refractivity contribution is 6.15. The van der Waals surface area contributed by atoms with Gasteiger partial charge in [0.15, 0.2) is 5.75 Å². The zero-order chi connectivity index (χ0) is 17.3. The molecule has 0 aliphatic carbocycles. The lowest BCUT2D eigenvalue weighted by Gasteiger charge is -2.29. The largest absolute Gasteiger partial charge is 0.490 e. The van der Waals surface area contributed by atoms with Gasteiger partial charge in [-0.3, -0.25) is 24.6 Å². The van der Waals surface area contributed by atoms with Gasteiger partial charge in [0.2, 0.25) is 5.91 Å². The Balaban J connectivity index is 2.01. The van der Waals surface area contributed by atoms with Crippen LogP contribution in [0.1, 0.15) is 10.4 Å². The molecule has 0 atom stereocenters. The van der Waals surface area contributed by atoms with Crippen LogP contribution in [0.4, 0.5) is 17.1 Å². The summed E-state index contributed by atoms with van der Waals surface area (Å²) in [5.74, 6) is -0.762. The smallest absolute Gasteiger partial charge is 0.310 e. The summed E-state index contributed by atoms with van der Waals surface area (Å²) < 4.78 is 4.98. The first-order valence-corrected chi connectivity index (χ1v) is 7.04. The number of nitro benzene ring substituents is 1. The van der Waals surface area contributed by atoms with Crippen molar-refractivity contribution in [2.45, 2.75) is 0 Å². The highest BCUT2D eigenvalue weighted by Crippen LogP contribution is 2.32. The number of hydrogen-bond donors (Lipinski definition) is 1. The van der Waals surface area contributed by atoms with Crippen LogP contribution < -0.4 is 15.0 Å². The van der Waals surface area contributed by atoms with Crippen LogP contribution in [-0.4, -0.2) is 30.4 Å². The molecule has 0 fully saturated rings. The number of ether oxygens (including phenoxy) is 1. The molecule has 1 heterocycles. The lowest BCUT2D eigenvalue weighted by molar-refractivity contribution is -0.385. The highest BCUT2D eigenvalue weighted by atomic mass is 16.6. The number of amides is 2. The Morgan fingerprint density at radius 3 is 2.75 bits per heavy atom. The van der Waals surface area contributed by atoms with Gasteiger partial charge in [-0.05, 0) is 18.2 Å². The Hall–Kier alpha value is -3.42. The first kappa shape index (κ1) is 15.5. The minimum atomic E-state index is -0.587. The van der Waals surface area contributed by atoms with E-state index in [-0.39, 0.29) is 29.5 Å². The Morgan fingerprint density at radius 2 is 2.04 bits per heavy atom. The molecule has 2 aromatic carbocycles. The van der Waals surface area contributed by atoms with E-state index in [1.807, 2.05) is 0 Å². The van der Waals surface area contributed by atoms with Crippen LogP contribution in [0.15, 0.2) is 42.5 Å². The summed E-state index contributed by atoms with van der Waals surface area (Å²) in [5, 5.41) is 13.6. The summed E-state index contributed by atoms with van der Waals surface area (Å²) in [6.07, 6.45) is 0. The molecule has 0 unspecified atom stereocenters. The van der Waals surface area contributed by atoms with Gasteiger partial charge in [-0.15, -0.1) is 0 Å². The molecule has 8 nitrogen and oxygen atoms in total. The predicted molar refractivity (Wildman–Crippen MR) is 86.4 cm³/mol. The lowest BCUT2D eigenvalue weighted by Crippen LogP contribution is -2.42. The number of rotatable bonds is 3. The molecule has 2 amide bonds. The Kier molecular flexibility index (Phi) is 3.87. The first-order chi connectivity index (χ1) is 11.5. The van der Waals surface area contributed by atoms with Gasteiger partial charge in [0.05, 0.1) is 23.4 Å². The fraction of sp³-hybridized carbons (Fsp3) is 0.125. The van der Waals surface area contributed by atoms with Gasteiger partial charge in [0.1, 0.15) is 6.54 Å². The molecule has 1 aliphatic rings. The number of hydrogen-bond acceptors (Lipinski definition) is 5. The maximum atomic E-state index is 12.8. The van der Waals surface area contributed by atoms with Crippen LogP contribution in [0.3, 0.4) is 0 Å². The summed E-state index contributed by atoms with van der Waals surface area (Å²) in [6, 6.07) is 10.8. The fourth-order valence-corrected chi connectivity index (χ4v) is 2.53. The number of para-hydroxylation sites is 2. The second kappa shape index (κ2) is 5.99. The molecular formula is C16H13N3O5. The van der Waals surface area contributed by atoms with E-state index in [0.717, 1.165) is 0 Å². The normalized spacial score (nSPS) is 13.0. The zero-order valence-corrected chi connectivity index (χ0v) is 12.7. The number of nitrogens with zero attached hydrogens (tertiary/aromatic N) is 2. The maximum Gasteiger partial charge on any atom is 0.310 e. The monoisotopic (exact) mass is 327 g/mol. The Bertz CT molecular complexity index is 849. The molecule has 0 radical (unpaired) electrons. The molecule has 0 bridgehead atoms. The second-order valence-electron chi connectivity index (χ2n) is 5.10. The third-order valence-corrected chi connectivity index (χ3v) is 3.64. The van der Waals surface area contributed by atoms with Gasteiger partial charge in [-0.25, -0.2) is 0 Å². The van der Waals surface area contributed by atoms with Gasteiger partial charge in [-0.2, -0.15) is 0 Å². The van der Waals surface area contributed by atoms with Crippen LogP contribution >= 0.6 is 0 Å². The number of methoxy groups -OCH3 is 1. The van der Waals surface area contributed by atoms with E-state index in [2.05, 4.69) is 5.32 Å². The summed E-state index contributed by atoms with van der Waals surface area (Å²) in [4.78, 5) is 36.3. The Labute approximate surface area is 136 Å². The van der Waals surface area contributed by atoms with E-state index in [1.165, 1.54) is 30.2 Å². The molecule has 0 saturated heterocycles. The summed E-state index contributed by atoms with van der Waals surface area (Å²) in [7, 11) is 1.29. The van der Waals surface area contributed by atoms with Crippen molar-refractivity contribution in [2.24, 2.45) is 0 Å². The molecule has 0 spiro atoms. The standard InChI is InChI=1S/C16H13N3O5/c1-24-14-8-10(6-7-13(14)19(22)23)16(21)18-9-15(20)17-11-4-2-3-5-12(11)18/h2-8H,9H2,1H3,(H,17,20). The number of nitrogens with one attached hydrogen (secondary N) is 1. The van der Waals surface area contributed by atoms with Crippen molar-refractivity contribution >= 4 is 28.9 Å². The van der Waals surface area contributed by atoms with Gasteiger partial charge < -0.3 is 10.1 Å². The quantitative estimate of drug-likeness (QED) is 0.688. The topological polar surface area (TPSA) is 102 Å². The van der Waals surface area contributed by atoms with Crippen LogP contribution in [0.5, 0.6) is 5.75 Å². The minimum absolute atomic E-state index is 0.0133. The Morgan fingerprint density at radius 1 is 1.29 bits per heavy atom. The van der Waals surface area contributed by atoms with Gasteiger partial charge >= 0.3 is 5.69 Å². The SMILES string of the molecule is COc1cc(C(=O)N2CC(=O)Nc3ccccc32)ccc1[N+](=O)[O-]. The maximum absolute atomic E-state index is 12.8. The highest BCUT2D eigenvalue weighted by Gasteiger charge is 2.28. The van der Waals surface area contributed by atoms with Crippen LogP contribution in [0.25, 0.3) is 0 Å². The van der Waals surface area contributed by atoms with Crippen molar-refractivity contribution < 1.29 is 19.2 Å². The van der Waals surface area contributed by atoms with E-state index in [9.17, 15) is 19.7 Å². The van der Waals surface area contributed by atoms with Crippen LogP contribution in [0.2, 0.25) is 0 Å². The predicted octanol–water partition coefficient (Wildman–Crippen LogP) is 2.20. The van der Waals surface area contributed by atoms with E-state index in [4.69, 9.17) is 4.74 Å². The number of carbonyl (C=O) groups excluding carboxylic acids is 2. The molecule has 8 heteroatoms. The average molecular weight is 327 g/mol. The fourth-order valence-electron chi connectivity index (χ4n) is 2.53.